The minimum Gasteiger partial charge on any atom is -0.478 e. The lowest BCUT2D eigenvalue weighted by Gasteiger charge is -2.00. The van der Waals surface area contributed by atoms with Crippen LogP contribution in [0.1, 0.15) is 23.1 Å². The van der Waals surface area contributed by atoms with Crippen molar-refractivity contribution >= 4 is 22.9 Å². The number of nitrogens with one attached hydrogen (secondary N) is 1. The third-order valence-corrected chi connectivity index (χ3v) is 2.30. The minimum absolute atomic E-state index is 0.0728. The Morgan fingerprint density at radius 3 is 2.88 bits per heavy atom. The van der Waals surface area contributed by atoms with Crippen LogP contribution in [0, 0.1) is 0 Å². The molecule has 5 heteroatoms. The van der Waals surface area contributed by atoms with E-state index in [-0.39, 0.29) is 16.5 Å². The number of hydrogen-bond donors (Lipinski definition) is 2. The van der Waals surface area contributed by atoms with Crippen molar-refractivity contribution in [3.05, 3.63) is 46.0 Å². The van der Waals surface area contributed by atoms with Crippen LogP contribution in [-0.2, 0) is 0 Å². The number of carbonyl (C=O) groups is 1. The van der Waals surface area contributed by atoms with E-state index in [2.05, 4.69) is 9.97 Å². The SMILES string of the molecule is C/C=C/c1nc2ccc(C(=O)O)cc2c(=O)[nH]1. The summed E-state index contributed by atoms with van der Waals surface area (Å²) < 4.78 is 0. The monoisotopic (exact) mass is 230 g/mol. The van der Waals surface area contributed by atoms with Crippen molar-refractivity contribution < 1.29 is 9.90 Å². The lowest BCUT2D eigenvalue weighted by Crippen LogP contribution is -2.10. The Hall–Kier alpha value is -2.43. The number of fused-ring (bicyclic) bond motifs is 1. The van der Waals surface area contributed by atoms with Gasteiger partial charge in [-0.1, -0.05) is 6.08 Å². The number of hydrogen-bond acceptors (Lipinski definition) is 3. The third kappa shape index (κ3) is 2.08. The van der Waals surface area contributed by atoms with E-state index in [9.17, 15) is 9.59 Å². The molecule has 0 aliphatic rings. The predicted molar refractivity (Wildman–Crippen MR) is 64.0 cm³/mol. The molecule has 1 aromatic heterocycles. The van der Waals surface area contributed by atoms with Gasteiger partial charge in [-0.05, 0) is 31.2 Å². The number of rotatable bonds is 2. The van der Waals surface area contributed by atoms with Gasteiger partial charge in [0.25, 0.3) is 5.56 Å². The molecule has 1 heterocycles. The molecule has 0 saturated carbocycles. The van der Waals surface area contributed by atoms with E-state index >= 15 is 0 Å². The van der Waals surface area contributed by atoms with E-state index < -0.39 is 5.97 Å². The van der Waals surface area contributed by atoms with Crippen LogP contribution in [0.2, 0.25) is 0 Å². The molecule has 0 amide bonds. The lowest BCUT2D eigenvalue weighted by atomic mass is 10.1. The Kier molecular flexibility index (Phi) is 2.74. The maximum absolute atomic E-state index is 11.7. The Morgan fingerprint density at radius 2 is 2.24 bits per heavy atom. The largest absolute Gasteiger partial charge is 0.478 e. The highest BCUT2D eigenvalue weighted by Crippen LogP contribution is 2.10. The first-order valence-corrected chi connectivity index (χ1v) is 5.02. The zero-order valence-corrected chi connectivity index (χ0v) is 9.10. The standard InChI is InChI=1S/C12H10N2O3/c1-2-3-10-13-9-5-4-7(12(16)17)6-8(9)11(15)14-10/h2-6H,1H3,(H,16,17)(H,13,14,15)/b3-2+. The molecule has 0 atom stereocenters. The molecule has 5 nitrogen and oxygen atoms in total. The van der Waals surface area contributed by atoms with Crippen molar-refractivity contribution in [2.24, 2.45) is 0 Å². The molecular formula is C12H10N2O3. The molecule has 0 radical (unpaired) electrons. The first kappa shape index (κ1) is 11.1. The van der Waals surface area contributed by atoms with Gasteiger partial charge in [-0.3, -0.25) is 4.79 Å². The van der Waals surface area contributed by atoms with E-state index in [0.717, 1.165) is 0 Å². The summed E-state index contributed by atoms with van der Waals surface area (Å²) in [4.78, 5) is 29.3. The number of aromatic amines is 1. The van der Waals surface area contributed by atoms with Crippen LogP contribution in [0.15, 0.2) is 29.1 Å². The summed E-state index contributed by atoms with van der Waals surface area (Å²) in [6, 6.07) is 4.28. The summed E-state index contributed by atoms with van der Waals surface area (Å²) in [6.07, 6.45) is 3.43. The summed E-state index contributed by atoms with van der Waals surface area (Å²) in [6.45, 7) is 1.82. The second kappa shape index (κ2) is 4.21. The molecule has 1 aromatic carbocycles. The zero-order chi connectivity index (χ0) is 12.4. The number of nitrogens with zero attached hydrogens (tertiary/aromatic N) is 1. The molecule has 0 fully saturated rings. The quantitative estimate of drug-likeness (QED) is 0.821. The van der Waals surface area contributed by atoms with Gasteiger partial charge in [-0.25, -0.2) is 9.78 Å². The van der Waals surface area contributed by atoms with Gasteiger partial charge in [0.1, 0.15) is 5.82 Å². The molecule has 0 spiro atoms. The Balaban J connectivity index is 2.73. The van der Waals surface area contributed by atoms with Gasteiger partial charge in [0, 0.05) is 0 Å². The number of benzene rings is 1. The van der Waals surface area contributed by atoms with Gasteiger partial charge >= 0.3 is 5.97 Å². The van der Waals surface area contributed by atoms with Gasteiger partial charge in [-0.15, -0.1) is 0 Å². The number of allylic oxidation sites excluding steroid dienone is 1. The van der Waals surface area contributed by atoms with Crippen molar-refractivity contribution in [1.29, 1.82) is 0 Å². The molecule has 2 rings (SSSR count). The molecule has 0 aliphatic carbocycles. The summed E-state index contributed by atoms with van der Waals surface area (Å²) in [5.41, 5.74) is 0.210. The molecule has 2 aromatic rings. The Morgan fingerprint density at radius 1 is 1.47 bits per heavy atom. The van der Waals surface area contributed by atoms with Crippen LogP contribution in [0.5, 0.6) is 0 Å². The van der Waals surface area contributed by atoms with Crippen LogP contribution in [0.4, 0.5) is 0 Å². The average Bonchev–Trinajstić information content (AvgIpc) is 2.29. The maximum atomic E-state index is 11.7. The van der Waals surface area contributed by atoms with E-state index in [1.165, 1.54) is 18.2 Å². The Bertz CT molecular complexity index is 671. The van der Waals surface area contributed by atoms with Crippen LogP contribution >= 0.6 is 0 Å². The van der Waals surface area contributed by atoms with Crippen LogP contribution in [0.25, 0.3) is 17.0 Å². The highest BCUT2D eigenvalue weighted by molar-refractivity contribution is 5.93. The highest BCUT2D eigenvalue weighted by atomic mass is 16.4. The summed E-state index contributed by atoms with van der Waals surface area (Å²) in [5.74, 6) is -0.614. The van der Waals surface area contributed by atoms with E-state index in [0.29, 0.717) is 11.3 Å². The number of carboxylic acids is 1. The topological polar surface area (TPSA) is 83.0 Å². The van der Waals surface area contributed by atoms with Crippen molar-refractivity contribution in [3.8, 4) is 0 Å². The highest BCUT2D eigenvalue weighted by Gasteiger charge is 2.07. The smallest absolute Gasteiger partial charge is 0.335 e. The normalized spacial score (nSPS) is 11.1. The molecule has 0 saturated heterocycles. The summed E-state index contributed by atoms with van der Waals surface area (Å²) in [5, 5.41) is 9.11. The van der Waals surface area contributed by atoms with E-state index in [1.807, 2.05) is 6.92 Å². The van der Waals surface area contributed by atoms with Gasteiger partial charge in [0.15, 0.2) is 0 Å². The fourth-order valence-corrected chi connectivity index (χ4v) is 1.53. The van der Waals surface area contributed by atoms with Gasteiger partial charge in [-0.2, -0.15) is 0 Å². The summed E-state index contributed by atoms with van der Waals surface area (Å²) in [7, 11) is 0. The second-order valence-corrected chi connectivity index (χ2v) is 3.49. The molecule has 2 N–H and O–H groups in total. The van der Waals surface area contributed by atoms with Crippen LogP contribution in [0.3, 0.4) is 0 Å². The molecule has 86 valence electrons. The van der Waals surface area contributed by atoms with Crippen molar-refractivity contribution in [2.75, 3.05) is 0 Å². The van der Waals surface area contributed by atoms with E-state index in [4.69, 9.17) is 5.11 Å². The number of aromatic carboxylic acids is 1. The second-order valence-electron chi connectivity index (χ2n) is 3.49. The number of H-pyrrole nitrogens is 1. The van der Waals surface area contributed by atoms with E-state index in [1.54, 1.807) is 12.2 Å². The molecule has 0 unspecified atom stereocenters. The molecular weight excluding hydrogens is 220 g/mol. The fraction of sp³-hybridized carbons (Fsp3) is 0.0833. The van der Waals surface area contributed by atoms with Gasteiger partial charge in [0.2, 0.25) is 0 Å². The maximum Gasteiger partial charge on any atom is 0.335 e. The third-order valence-electron chi connectivity index (χ3n) is 2.30. The molecule has 0 bridgehead atoms. The lowest BCUT2D eigenvalue weighted by molar-refractivity contribution is 0.0697. The minimum atomic E-state index is -1.07. The zero-order valence-electron chi connectivity index (χ0n) is 9.10. The van der Waals surface area contributed by atoms with Gasteiger partial charge in [0.05, 0.1) is 16.5 Å². The average molecular weight is 230 g/mol. The molecule has 0 aliphatic heterocycles. The number of aromatic nitrogens is 2. The first-order chi connectivity index (χ1) is 8.11. The summed E-state index contributed by atoms with van der Waals surface area (Å²) >= 11 is 0. The van der Waals surface area contributed by atoms with Gasteiger partial charge < -0.3 is 10.1 Å². The van der Waals surface area contributed by atoms with Crippen molar-refractivity contribution in [3.63, 3.8) is 0 Å². The van der Waals surface area contributed by atoms with Crippen molar-refractivity contribution in [1.82, 2.24) is 9.97 Å². The Labute approximate surface area is 96.4 Å². The van der Waals surface area contributed by atoms with Crippen LogP contribution in [-0.4, -0.2) is 21.0 Å². The van der Waals surface area contributed by atoms with Crippen LogP contribution < -0.4 is 5.56 Å². The predicted octanol–water partition coefficient (Wildman–Crippen LogP) is 1.65. The molecule has 17 heavy (non-hydrogen) atoms. The fourth-order valence-electron chi connectivity index (χ4n) is 1.53. The number of carboxylic acid groups (broad SMARTS) is 1. The first-order valence-electron chi connectivity index (χ1n) is 5.02. The van der Waals surface area contributed by atoms with Crippen molar-refractivity contribution in [2.45, 2.75) is 6.92 Å².